The standard InChI is InChI=1S/C19H20Cl2N2O2/c1-3-18(24)22-16-7-5-12(10-14(16)20)9-13-6-8-17(15(21)11-13)23-19(25)4-2/h5-8,10-11H,3-4,9H2,1-2H3,(H,22,24)(H,23,25). The van der Waals surface area contributed by atoms with E-state index in [0.29, 0.717) is 40.7 Å². The van der Waals surface area contributed by atoms with Crippen LogP contribution >= 0.6 is 23.2 Å². The maximum atomic E-state index is 11.5. The Morgan fingerprint density at radius 3 is 1.52 bits per heavy atom. The van der Waals surface area contributed by atoms with Gasteiger partial charge in [-0.1, -0.05) is 49.2 Å². The number of carbonyl (C=O) groups is 2. The van der Waals surface area contributed by atoms with Crippen LogP contribution in [0, 0.1) is 0 Å². The molecule has 0 atom stereocenters. The lowest BCUT2D eigenvalue weighted by atomic mass is 10.0. The van der Waals surface area contributed by atoms with Crippen LogP contribution in [0.25, 0.3) is 0 Å². The van der Waals surface area contributed by atoms with E-state index in [1.54, 1.807) is 26.0 Å². The number of nitrogens with one attached hydrogen (secondary N) is 2. The Morgan fingerprint density at radius 2 is 1.20 bits per heavy atom. The van der Waals surface area contributed by atoms with E-state index >= 15 is 0 Å². The van der Waals surface area contributed by atoms with Crippen molar-refractivity contribution in [1.82, 2.24) is 0 Å². The van der Waals surface area contributed by atoms with Crippen molar-refractivity contribution in [3.05, 3.63) is 57.6 Å². The fraction of sp³-hybridized carbons (Fsp3) is 0.263. The molecule has 132 valence electrons. The molecule has 0 saturated heterocycles. The summed E-state index contributed by atoms with van der Waals surface area (Å²) in [5.74, 6) is -0.155. The minimum atomic E-state index is -0.0776. The van der Waals surface area contributed by atoms with Gasteiger partial charge in [0.2, 0.25) is 11.8 Å². The maximum absolute atomic E-state index is 11.5. The molecule has 2 aromatic rings. The van der Waals surface area contributed by atoms with Crippen molar-refractivity contribution in [2.75, 3.05) is 10.6 Å². The molecule has 4 nitrogen and oxygen atoms in total. The Balaban J connectivity index is 2.11. The van der Waals surface area contributed by atoms with E-state index in [4.69, 9.17) is 23.2 Å². The quantitative estimate of drug-likeness (QED) is 0.717. The zero-order chi connectivity index (χ0) is 18.4. The largest absolute Gasteiger partial charge is 0.325 e. The summed E-state index contributed by atoms with van der Waals surface area (Å²) < 4.78 is 0. The van der Waals surface area contributed by atoms with Crippen LogP contribution in [0.15, 0.2) is 36.4 Å². The third-order valence-corrected chi connectivity index (χ3v) is 4.29. The van der Waals surface area contributed by atoms with Gasteiger partial charge in [-0.15, -0.1) is 0 Å². The van der Waals surface area contributed by atoms with Gasteiger partial charge >= 0.3 is 0 Å². The van der Waals surface area contributed by atoms with E-state index < -0.39 is 0 Å². The highest BCUT2D eigenvalue weighted by Gasteiger charge is 2.08. The molecule has 0 aliphatic carbocycles. The fourth-order valence-corrected chi connectivity index (χ4v) is 2.75. The van der Waals surface area contributed by atoms with Crippen molar-refractivity contribution in [2.45, 2.75) is 33.1 Å². The van der Waals surface area contributed by atoms with Crippen molar-refractivity contribution >= 4 is 46.4 Å². The van der Waals surface area contributed by atoms with Gasteiger partial charge < -0.3 is 10.6 Å². The summed E-state index contributed by atoms with van der Waals surface area (Å²) in [6, 6.07) is 11.1. The van der Waals surface area contributed by atoms with Crippen molar-refractivity contribution in [2.24, 2.45) is 0 Å². The zero-order valence-electron chi connectivity index (χ0n) is 14.2. The molecule has 2 N–H and O–H groups in total. The van der Waals surface area contributed by atoms with Gasteiger partial charge in [0.25, 0.3) is 0 Å². The number of hydrogen-bond donors (Lipinski definition) is 2. The molecular formula is C19H20Cl2N2O2. The highest BCUT2D eigenvalue weighted by atomic mass is 35.5. The van der Waals surface area contributed by atoms with E-state index in [9.17, 15) is 9.59 Å². The molecule has 6 heteroatoms. The zero-order valence-corrected chi connectivity index (χ0v) is 15.7. The molecule has 2 aromatic carbocycles. The first-order valence-corrected chi connectivity index (χ1v) is 8.85. The number of halogens is 2. The van der Waals surface area contributed by atoms with Crippen LogP contribution in [0.2, 0.25) is 10.0 Å². The first-order chi connectivity index (χ1) is 11.9. The summed E-state index contributed by atoms with van der Waals surface area (Å²) in [5, 5.41) is 6.51. The van der Waals surface area contributed by atoms with Crippen LogP contribution in [0.4, 0.5) is 11.4 Å². The van der Waals surface area contributed by atoms with Crippen LogP contribution in [-0.2, 0) is 16.0 Å². The summed E-state index contributed by atoms with van der Waals surface area (Å²) in [4.78, 5) is 22.9. The topological polar surface area (TPSA) is 58.2 Å². The molecule has 25 heavy (non-hydrogen) atoms. The molecule has 0 unspecified atom stereocenters. The minimum Gasteiger partial charge on any atom is -0.325 e. The van der Waals surface area contributed by atoms with Gasteiger partial charge in [-0.05, 0) is 41.8 Å². The molecule has 2 rings (SSSR count). The number of hydrogen-bond acceptors (Lipinski definition) is 2. The molecule has 0 bridgehead atoms. The van der Waals surface area contributed by atoms with E-state index in [2.05, 4.69) is 10.6 Å². The molecule has 0 fully saturated rings. The molecular weight excluding hydrogens is 359 g/mol. The first kappa shape index (κ1) is 19.3. The Hall–Kier alpha value is -2.04. The average Bonchev–Trinajstić information content (AvgIpc) is 2.59. The Bertz CT molecular complexity index is 725. The van der Waals surface area contributed by atoms with Crippen LogP contribution in [-0.4, -0.2) is 11.8 Å². The van der Waals surface area contributed by atoms with Gasteiger partial charge in [-0.3, -0.25) is 9.59 Å². The number of amides is 2. The summed E-state index contributed by atoms with van der Waals surface area (Å²) in [5.41, 5.74) is 3.21. The van der Waals surface area contributed by atoms with Gasteiger partial charge in [0.15, 0.2) is 0 Å². The predicted octanol–water partition coefficient (Wildman–Crippen LogP) is 5.28. The summed E-state index contributed by atoms with van der Waals surface area (Å²) in [6.07, 6.45) is 1.44. The van der Waals surface area contributed by atoms with E-state index in [-0.39, 0.29) is 11.8 Å². The average molecular weight is 379 g/mol. The second-order valence-electron chi connectivity index (χ2n) is 5.61. The Kier molecular flexibility index (Phi) is 6.85. The molecule has 2 amide bonds. The third kappa shape index (κ3) is 5.48. The van der Waals surface area contributed by atoms with Crippen LogP contribution in [0.5, 0.6) is 0 Å². The number of benzene rings is 2. The van der Waals surface area contributed by atoms with Gasteiger partial charge in [0, 0.05) is 12.8 Å². The Labute approximate surface area is 157 Å². The first-order valence-electron chi connectivity index (χ1n) is 8.09. The normalized spacial score (nSPS) is 10.4. The van der Waals surface area contributed by atoms with Crippen molar-refractivity contribution in [3.8, 4) is 0 Å². The maximum Gasteiger partial charge on any atom is 0.224 e. The van der Waals surface area contributed by atoms with Gasteiger partial charge in [0.05, 0.1) is 21.4 Å². The Morgan fingerprint density at radius 1 is 0.800 bits per heavy atom. The second-order valence-corrected chi connectivity index (χ2v) is 6.42. The molecule has 0 saturated carbocycles. The monoisotopic (exact) mass is 378 g/mol. The van der Waals surface area contributed by atoms with Gasteiger partial charge in [-0.2, -0.15) is 0 Å². The number of carbonyl (C=O) groups excluding carboxylic acids is 2. The summed E-state index contributed by atoms with van der Waals surface area (Å²) in [6.45, 7) is 3.57. The summed E-state index contributed by atoms with van der Waals surface area (Å²) >= 11 is 12.5. The highest BCUT2D eigenvalue weighted by molar-refractivity contribution is 6.34. The van der Waals surface area contributed by atoms with Crippen LogP contribution in [0.1, 0.15) is 37.8 Å². The van der Waals surface area contributed by atoms with E-state index in [0.717, 1.165) is 11.1 Å². The SMILES string of the molecule is CCC(=O)Nc1ccc(Cc2ccc(NC(=O)CC)c(Cl)c2)cc1Cl. The predicted molar refractivity (Wildman–Crippen MR) is 104 cm³/mol. The molecule has 0 spiro atoms. The number of rotatable bonds is 6. The molecule has 0 aromatic heterocycles. The minimum absolute atomic E-state index is 0.0776. The lowest BCUT2D eigenvalue weighted by Gasteiger charge is -2.10. The van der Waals surface area contributed by atoms with Crippen LogP contribution < -0.4 is 10.6 Å². The third-order valence-electron chi connectivity index (χ3n) is 3.67. The van der Waals surface area contributed by atoms with Crippen molar-refractivity contribution < 1.29 is 9.59 Å². The number of anilines is 2. The molecule has 0 heterocycles. The van der Waals surface area contributed by atoms with Gasteiger partial charge in [0.1, 0.15) is 0 Å². The van der Waals surface area contributed by atoms with E-state index in [1.165, 1.54) is 0 Å². The summed E-state index contributed by atoms with van der Waals surface area (Å²) in [7, 11) is 0. The highest BCUT2D eigenvalue weighted by Crippen LogP contribution is 2.27. The smallest absolute Gasteiger partial charge is 0.224 e. The van der Waals surface area contributed by atoms with Crippen molar-refractivity contribution in [1.29, 1.82) is 0 Å². The second kappa shape index (κ2) is 8.88. The lowest BCUT2D eigenvalue weighted by molar-refractivity contribution is -0.116. The lowest BCUT2D eigenvalue weighted by Crippen LogP contribution is -2.10. The van der Waals surface area contributed by atoms with Gasteiger partial charge in [-0.25, -0.2) is 0 Å². The van der Waals surface area contributed by atoms with Crippen molar-refractivity contribution in [3.63, 3.8) is 0 Å². The molecule has 0 radical (unpaired) electrons. The molecule has 0 aliphatic rings. The van der Waals surface area contributed by atoms with Crippen LogP contribution in [0.3, 0.4) is 0 Å². The molecule has 0 aliphatic heterocycles. The van der Waals surface area contributed by atoms with E-state index in [1.807, 2.05) is 24.3 Å². The fourth-order valence-electron chi connectivity index (χ4n) is 2.25.